The van der Waals surface area contributed by atoms with Crippen LogP contribution in [0.1, 0.15) is 36.7 Å². The molecule has 1 fully saturated rings. The Morgan fingerprint density at radius 1 is 1.26 bits per heavy atom. The van der Waals surface area contributed by atoms with Crippen molar-refractivity contribution >= 4 is 32.9 Å². The van der Waals surface area contributed by atoms with Gasteiger partial charge in [0.15, 0.2) is 16.7 Å². The number of methoxy groups -OCH3 is 2. The minimum Gasteiger partial charge on any atom is -0.493 e. The normalized spacial score (nSPS) is 23.9. The number of thioether (sulfide) groups is 1. The summed E-state index contributed by atoms with van der Waals surface area (Å²) in [5.41, 5.74) is 2.04. The molecule has 0 spiro atoms. The summed E-state index contributed by atoms with van der Waals surface area (Å²) in [4.78, 5) is 12.1. The molecule has 2 aromatic rings. The fourth-order valence-electron chi connectivity index (χ4n) is 3.87. The van der Waals surface area contributed by atoms with Gasteiger partial charge in [-0.1, -0.05) is 40.7 Å². The lowest BCUT2D eigenvalue weighted by molar-refractivity contribution is 0.246. The van der Waals surface area contributed by atoms with Crippen LogP contribution in [-0.2, 0) is 0 Å². The molecule has 0 saturated carbocycles. The molecular formula is C20H22BrN3O2S. The molecule has 0 radical (unpaired) electrons. The standard InChI is InChI=1S/C20H22BrN3O2S/c1-4-13-11-27-20-23-17(15-7-5-6-8-22-15)18(24(13)20)14-9-12(21)10-16(25-2)19(14)26-3/h5-10,13,17-18H,4,11H2,1-3H3. The van der Waals surface area contributed by atoms with Gasteiger partial charge in [0.1, 0.15) is 6.04 Å². The molecule has 0 aliphatic carbocycles. The molecule has 5 nitrogen and oxygen atoms in total. The summed E-state index contributed by atoms with van der Waals surface area (Å²) in [6.45, 7) is 2.23. The van der Waals surface area contributed by atoms with Crippen molar-refractivity contribution in [2.24, 2.45) is 4.99 Å². The van der Waals surface area contributed by atoms with Crippen molar-refractivity contribution in [3.63, 3.8) is 0 Å². The maximum atomic E-state index is 5.79. The van der Waals surface area contributed by atoms with Gasteiger partial charge in [-0.2, -0.15) is 0 Å². The monoisotopic (exact) mass is 447 g/mol. The number of amidine groups is 1. The molecule has 2 aliphatic heterocycles. The summed E-state index contributed by atoms with van der Waals surface area (Å²) in [7, 11) is 3.36. The number of nitrogens with zero attached hydrogens (tertiary/aromatic N) is 3. The zero-order chi connectivity index (χ0) is 19.0. The fourth-order valence-corrected chi connectivity index (χ4v) is 5.66. The molecule has 27 heavy (non-hydrogen) atoms. The number of hydrogen-bond acceptors (Lipinski definition) is 6. The maximum Gasteiger partial charge on any atom is 0.166 e. The van der Waals surface area contributed by atoms with Gasteiger partial charge < -0.3 is 14.4 Å². The molecule has 1 saturated heterocycles. The number of ether oxygens (including phenoxy) is 2. The van der Waals surface area contributed by atoms with Crippen molar-refractivity contribution in [2.75, 3.05) is 20.0 Å². The number of aromatic nitrogens is 1. The minimum atomic E-state index is -0.0732. The molecule has 0 amide bonds. The zero-order valence-electron chi connectivity index (χ0n) is 15.6. The topological polar surface area (TPSA) is 47.0 Å². The van der Waals surface area contributed by atoms with E-state index in [1.165, 1.54) is 0 Å². The third kappa shape index (κ3) is 3.21. The Labute approximate surface area is 172 Å². The number of aliphatic imine (C=N–C) groups is 1. The van der Waals surface area contributed by atoms with Gasteiger partial charge in [0.05, 0.1) is 26.0 Å². The van der Waals surface area contributed by atoms with Gasteiger partial charge in [-0.15, -0.1) is 0 Å². The molecule has 3 heterocycles. The lowest BCUT2D eigenvalue weighted by Gasteiger charge is -2.33. The Balaban J connectivity index is 1.88. The summed E-state index contributed by atoms with van der Waals surface area (Å²) in [5, 5.41) is 1.10. The summed E-state index contributed by atoms with van der Waals surface area (Å²) in [5.74, 6) is 2.54. The number of rotatable bonds is 5. The molecular weight excluding hydrogens is 426 g/mol. The number of benzene rings is 1. The average Bonchev–Trinajstić information content (AvgIpc) is 3.26. The summed E-state index contributed by atoms with van der Waals surface area (Å²) in [6, 6.07) is 10.5. The van der Waals surface area contributed by atoms with E-state index in [1.807, 2.05) is 36.2 Å². The van der Waals surface area contributed by atoms with Gasteiger partial charge >= 0.3 is 0 Å². The maximum absolute atomic E-state index is 5.79. The Morgan fingerprint density at radius 2 is 2.11 bits per heavy atom. The van der Waals surface area contributed by atoms with E-state index in [1.54, 1.807) is 14.2 Å². The second kappa shape index (κ2) is 7.72. The number of fused-ring (bicyclic) bond motifs is 1. The summed E-state index contributed by atoms with van der Waals surface area (Å²) in [6.07, 6.45) is 2.91. The first-order valence-corrected chi connectivity index (χ1v) is 10.8. The van der Waals surface area contributed by atoms with Crippen molar-refractivity contribution in [3.05, 3.63) is 52.3 Å². The number of pyridine rings is 1. The molecule has 1 aromatic carbocycles. The number of halogens is 1. The summed E-state index contributed by atoms with van der Waals surface area (Å²) >= 11 is 5.47. The van der Waals surface area contributed by atoms with Gasteiger partial charge in [0, 0.05) is 28.0 Å². The third-order valence-electron chi connectivity index (χ3n) is 5.12. The van der Waals surface area contributed by atoms with Gasteiger partial charge in [-0.05, 0) is 30.7 Å². The third-order valence-corrected chi connectivity index (χ3v) is 6.70. The highest BCUT2D eigenvalue weighted by Gasteiger charge is 2.46. The van der Waals surface area contributed by atoms with Crippen molar-refractivity contribution in [1.82, 2.24) is 9.88 Å². The molecule has 0 N–H and O–H groups in total. The lowest BCUT2D eigenvalue weighted by atomic mass is 9.94. The van der Waals surface area contributed by atoms with E-state index in [0.29, 0.717) is 6.04 Å². The molecule has 3 atom stereocenters. The lowest BCUT2D eigenvalue weighted by Crippen LogP contribution is -2.35. The van der Waals surface area contributed by atoms with Crippen LogP contribution in [0.5, 0.6) is 11.5 Å². The smallest absolute Gasteiger partial charge is 0.166 e. The van der Waals surface area contributed by atoms with Crippen molar-refractivity contribution < 1.29 is 9.47 Å². The van der Waals surface area contributed by atoms with E-state index >= 15 is 0 Å². The first-order valence-electron chi connectivity index (χ1n) is 8.99. The molecule has 4 rings (SSSR count). The van der Waals surface area contributed by atoms with Crippen LogP contribution in [0, 0.1) is 0 Å². The second-order valence-electron chi connectivity index (χ2n) is 6.57. The Morgan fingerprint density at radius 3 is 2.78 bits per heavy atom. The second-order valence-corrected chi connectivity index (χ2v) is 8.47. The molecule has 1 aromatic heterocycles. The average molecular weight is 448 g/mol. The summed E-state index contributed by atoms with van der Waals surface area (Å²) < 4.78 is 12.3. The fraction of sp³-hybridized carbons (Fsp3) is 0.400. The van der Waals surface area contributed by atoms with Crippen LogP contribution in [0.2, 0.25) is 0 Å². The van der Waals surface area contributed by atoms with E-state index in [9.17, 15) is 0 Å². The van der Waals surface area contributed by atoms with Crippen LogP contribution in [-0.4, -0.2) is 41.1 Å². The molecule has 7 heteroatoms. The predicted octanol–water partition coefficient (Wildman–Crippen LogP) is 4.84. The van der Waals surface area contributed by atoms with Crippen LogP contribution >= 0.6 is 27.7 Å². The Bertz CT molecular complexity index is 862. The van der Waals surface area contributed by atoms with E-state index < -0.39 is 0 Å². The number of hydrogen-bond donors (Lipinski definition) is 0. The first kappa shape index (κ1) is 18.6. The molecule has 2 aliphatic rings. The first-order chi connectivity index (χ1) is 13.2. The molecule has 142 valence electrons. The van der Waals surface area contributed by atoms with Gasteiger partial charge in [0.25, 0.3) is 0 Å². The highest BCUT2D eigenvalue weighted by molar-refractivity contribution is 9.10. The van der Waals surface area contributed by atoms with Crippen molar-refractivity contribution in [3.8, 4) is 11.5 Å². The molecule has 0 bridgehead atoms. The van der Waals surface area contributed by atoms with Crippen molar-refractivity contribution in [1.29, 1.82) is 0 Å². The highest BCUT2D eigenvalue weighted by Crippen LogP contribution is 2.52. The Kier molecular flexibility index (Phi) is 5.32. The predicted molar refractivity (Wildman–Crippen MR) is 113 cm³/mol. The zero-order valence-corrected chi connectivity index (χ0v) is 18.0. The van der Waals surface area contributed by atoms with Crippen molar-refractivity contribution in [2.45, 2.75) is 31.5 Å². The van der Waals surface area contributed by atoms with E-state index in [0.717, 1.165) is 44.6 Å². The minimum absolute atomic E-state index is 0.0243. The SMILES string of the molecule is CCC1CSC2=NC(c3ccccn3)C(c3cc(Br)cc(OC)c3OC)N21. The van der Waals surface area contributed by atoms with E-state index in [4.69, 9.17) is 14.5 Å². The Hall–Kier alpha value is -1.73. The van der Waals surface area contributed by atoms with E-state index in [2.05, 4.69) is 44.9 Å². The molecule has 3 unspecified atom stereocenters. The van der Waals surface area contributed by atoms with Gasteiger partial charge in [0.2, 0.25) is 0 Å². The van der Waals surface area contributed by atoms with Gasteiger partial charge in [-0.3, -0.25) is 9.98 Å². The largest absolute Gasteiger partial charge is 0.493 e. The van der Waals surface area contributed by atoms with Crippen LogP contribution in [0.4, 0.5) is 0 Å². The van der Waals surface area contributed by atoms with Crippen LogP contribution in [0.25, 0.3) is 0 Å². The van der Waals surface area contributed by atoms with E-state index in [-0.39, 0.29) is 12.1 Å². The van der Waals surface area contributed by atoms with Crippen LogP contribution < -0.4 is 9.47 Å². The van der Waals surface area contributed by atoms with Gasteiger partial charge in [-0.25, -0.2) is 0 Å². The van der Waals surface area contributed by atoms with Crippen LogP contribution in [0.15, 0.2) is 46.0 Å². The highest BCUT2D eigenvalue weighted by atomic mass is 79.9. The van der Waals surface area contributed by atoms with Crippen LogP contribution in [0.3, 0.4) is 0 Å². The quantitative estimate of drug-likeness (QED) is 0.655.